The van der Waals surface area contributed by atoms with Crippen LogP contribution in [0.5, 0.6) is 5.88 Å². The van der Waals surface area contributed by atoms with Gasteiger partial charge in [0.25, 0.3) is 15.9 Å². The van der Waals surface area contributed by atoms with E-state index in [1.807, 2.05) is 0 Å². The number of aliphatic hydroxyl groups is 1. The second-order valence-electron chi connectivity index (χ2n) is 9.83. The number of likely N-dealkylation sites (N-methyl/N-ethyl adjacent to an activating group) is 1. The minimum absolute atomic E-state index is 0.0586. The molecule has 5 rings (SSSR count). The van der Waals surface area contributed by atoms with Crippen LogP contribution in [-0.2, 0) is 25.2 Å². The van der Waals surface area contributed by atoms with Crippen molar-refractivity contribution in [1.29, 1.82) is 0 Å². The Morgan fingerprint density at radius 3 is 2.49 bits per heavy atom. The van der Waals surface area contributed by atoms with E-state index in [4.69, 9.17) is 4.74 Å². The number of hydrogen-bond donors (Lipinski definition) is 1. The molecule has 1 unspecified atom stereocenters. The molecule has 1 fully saturated rings. The Kier molecular flexibility index (Phi) is 6.65. The maximum absolute atomic E-state index is 14.9. The number of β-amino-alcohol motifs (C(OH)–C–C–N with tert-alkyl or cyclic N) is 1. The number of likely N-dealkylation sites (tertiary alicyclic amines) is 1. The molecule has 1 saturated heterocycles. The third kappa shape index (κ3) is 3.98. The number of rotatable bonds is 6. The summed E-state index contributed by atoms with van der Waals surface area (Å²) in [5.74, 6) is -1.09. The zero-order valence-corrected chi connectivity index (χ0v) is 22.8. The van der Waals surface area contributed by atoms with E-state index in [1.165, 1.54) is 30.5 Å². The fourth-order valence-corrected chi connectivity index (χ4v) is 6.89. The lowest BCUT2D eigenvalue weighted by Crippen LogP contribution is -2.59. The van der Waals surface area contributed by atoms with E-state index in [2.05, 4.69) is 9.97 Å². The molecule has 0 radical (unpaired) electrons. The van der Waals surface area contributed by atoms with Crippen molar-refractivity contribution in [2.45, 2.75) is 36.1 Å². The Morgan fingerprint density at radius 1 is 1.10 bits per heavy atom. The number of nitrogens with zero attached hydrogens (tertiary/aromatic N) is 5. The molecule has 3 atom stereocenters. The van der Waals surface area contributed by atoms with Gasteiger partial charge in [-0.3, -0.25) is 14.5 Å². The van der Waals surface area contributed by atoms with Crippen LogP contribution in [0.15, 0.2) is 66.0 Å². The second kappa shape index (κ2) is 9.70. The van der Waals surface area contributed by atoms with Crippen LogP contribution in [-0.4, -0.2) is 85.0 Å². The first-order valence-electron chi connectivity index (χ1n) is 12.3. The second-order valence-corrected chi connectivity index (χ2v) is 11.6. The van der Waals surface area contributed by atoms with E-state index in [9.17, 15) is 23.1 Å². The van der Waals surface area contributed by atoms with Gasteiger partial charge < -0.3 is 14.7 Å². The highest BCUT2D eigenvalue weighted by Gasteiger charge is 2.64. The van der Waals surface area contributed by atoms with E-state index in [-0.39, 0.29) is 41.0 Å². The zero-order chi connectivity index (χ0) is 28.1. The largest absolute Gasteiger partial charge is 0.481 e. The van der Waals surface area contributed by atoms with Crippen molar-refractivity contribution in [3.05, 3.63) is 77.6 Å². The van der Waals surface area contributed by atoms with Gasteiger partial charge in [-0.15, -0.1) is 0 Å². The van der Waals surface area contributed by atoms with Crippen LogP contribution >= 0.6 is 0 Å². The smallest absolute Gasteiger partial charge is 0.288 e. The number of carbonyl (C=O) groups is 2. The van der Waals surface area contributed by atoms with E-state index in [0.29, 0.717) is 5.56 Å². The van der Waals surface area contributed by atoms with Crippen molar-refractivity contribution >= 4 is 27.5 Å². The van der Waals surface area contributed by atoms with Crippen LogP contribution in [0.2, 0.25) is 0 Å². The van der Waals surface area contributed by atoms with E-state index in [1.54, 1.807) is 68.4 Å². The van der Waals surface area contributed by atoms with Gasteiger partial charge in [-0.25, -0.2) is 9.97 Å². The first kappa shape index (κ1) is 26.7. The highest BCUT2D eigenvalue weighted by atomic mass is 32.2. The number of methoxy groups -OCH3 is 1. The highest BCUT2D eigenvalue weighted by molar-refractivity contribution is 7.93. The van der Waals surface area contributed by atoms with Crippen LogP contribution in [0, 0.1) is 6.92 Å². The molecule has 2 amide bonds. The number of ether oxygens (including phenoxy) is 1. The third-order valence-corrected chi connectivity index (χ3v) is 8.80. The summed E-state index contributed by atoms with van der Waals surface area (Å²) < 4.78 is 34.4. The fraction of sp³-hybridized carbons (Fsp3) is 0.333. The molecule has 2 aliphatic heterocycles. The molecule has 39 heavy (non-hydrogen) atoms. The topological polar surface area (TPSA) is 133 Å². The third-order valence-electron chi connectivity index (χ3n) is 7.19. The molecule has 0 bridgehead atoms. The number of aliphatic hydroxyl groups excluding tert-OH is 1. The van der Waals surface area contributed by atoms with Crippen molar-refractivity contribution < 1.29 is 27.9 Å². The van der Waals surface area contributed by atoms with Crippen LogP contribution in [0.25, 0.3) is 0 Å². The van der Waals surface area contributed by atoms with Gasteiger partial charge in [0.05, 0.1) is 24.9 Å². The van der Waals surface area contributed by atoms with Gasteiger partial charge in [-0.1, -0.05) is 24.3 Å². The summed E-state index contributed by atoms with van der Waals surface area (Å²) >= 11 is 0. The number of fused-ring (bicyclic) bond motifs is 1. The summed E-state index contributed by atoms with van der Waals surface area (Å²) in [6.45, 7) is 1.71. The molecule has 0 spiro atoms. The predicted molar refractivity (Wildman–Crippen MR) is 141 cm³/mol. The molecule has 3 aromatic rings. The predicted octanol–water partition coefficient (Wildman–Crippen LogP) is 1.30. The Morgan fingerprint density at radius 2 is 1.82 bits per heavy atom. The Balaban J connectivity index is 1.84. The van der Waals surface area contributed by atoms with Crippen molar-refractivity contribution in [2.24, 2.45) is 0 Å². The summed E-state index contributed by atoms with van der Waals surface area (Å²) in [6, 6.07) is 11.8. The zero-order valence-electron chi connectivity index (χ0n) is 22.0. The number of aromatic nitrogens is 2. The fourth-order valence-electron chi connectivity index (χ4n) is 5.51. The molecule has 2 aromatic heterocycles. The molecule has 204 valence electrons. The quantitative estimate of drug-likeness (QED) is 0.481. The number of aryl methyl sites for hydroxylation is 1. The lowest BCUT2D eigenvalue weighted by atomic mass is 9.81. The van der Waals surface area contributed by atoms with Crippen molar-refractivity contribution in [3.63, 3.8) is 0 Å². The maximum atomic E-state index is 14.9. The molecular formula is C27H29N5O6S. The molecule has 0 saturated carbocycles. The van der Waals surface area contributed by atoms with Crippen LogP contribution in [0.1, 0.15) is 23.1 Å². The Bertz CT molecular complexity index is 1540. The monoisotopic (exact) mass is 551 g/mol. The summed E-state index contributed by atoms with van der Waals surface area (Å²) in [6.07, 6.45) is 2.03. The van der Waals surface area contributed by atoms with Gasteiger partial charge in [0.2, 0.25) is 11.8 Å². The molecule has 12 heteroatoms. The molecule has 2 aliphatic rings. The van der Waals surface area contributed by atoms with Gasteiger partial charge >= 0.3 is 0 Å². The standard InChI is InChI=1S/C27H29N5O6S/c1-17-11-12-23(29-15-17)39(36,37)32-21-10-6-5-8-19(21)27(26(32)35,20-9-7-13-28-24(20)38-4)31-16-18(33)14-22(31)25(34)30(2)3/h5-13,15,18,22,33H,14,16H2,1-4H3/t18-,22+,27?/m1/s1. The number of hydrogen-bond acceptors (Lipinski definition) is 9. The van der Waals surface area contributed by atoms with Crippen LogP contribution < -0.4 is 9.04 Å². The Labute approximate surface area is 226 Å². The minimum atomic E-state index is -4.49. The lowest BCUT2D eigenvalue weighted by molar-refractivity contribution is -0.138. The summed E-state index contributed by atoms with van der Waals surface area (Å²) in [5, 5.41) is 10.5. The minimum Gasteiger partial charge on any atom is -0.481 e. The number of pyridine rings is 2. The average Bonchev–Trinajstić information content (AvgIpc) is 3.43. The first-order valence-corrected chi connectivity index (χ1v) is 13.8. The van der Waals surface area contributed by atoms with Crippen molar-refractivity contribution in [1.82, 2.24) is 19.8 Å². The number of carbonyl (C=O) groups excluding carboxylic acids is 2. The number of para-hydroxylation sites is 1. The normalized spacial score (nSPS) is 23.1. The van der Waals surface area contributed by atoms with Gasteiger partial charge in [-0.2, -0.15) is 12.7 Å². The number of amides is 2. The lowest BCUT2D eigenvalue weighted by Gasteiger charge is -2.41. The number of sulfonamides is 1. The van der Waals surface area contributed by atoms with Crippen molar-refractivity contribution in [2.75, 3.05) is 32.1 Å². The molecule has 1 N–H and O–H groups in total. The molecule has 4 heterocycles. The van der Waals surface area contributed by atoms with Crippen LogP contribution in [0.4, 0.5) is 5.69 Å². The van der Waals surface area contributed by atoms with E-state index in [0.717, 1.165) is 9.87 Å². The van der Waals surface area contributed by atoms with E-state index < -0.39 is 33.6 Å². The van der Waals surface area contributed by atoms with Gasteiger partial charge in [0.15, 0.2) is 10.6 Å². The van der Waals surface area contributed by atoms with Gasteiger partial charge in [-0.05, 0) is 43.2 Å². The molecule has 1 aromatic carbocycles. The van der Waals surface area contributed by atoms with E-state index >= 15 is 0 Å². The van der Waals surface area contributed by atoms with Crippen molar-refractivity contribution in [3.8, 4) is 5.88 Å². The highest BCUT2D eigenvalue weighted by Crippen LogP contribution is 2.53. The van der Waals surface area contributed by atoms with Crippen LogP contribution in [0.3, 0.4) is 0 Å². The molecular weight excluding hydrogens is 522 g/mol. The summed E-state index contributed by atoms with van der Waals surface area (Å²) in [5.41, 5.74) is -0.407. The molecule has 0 aliphatic carbocycles. The van der Waals surface area contributed by atoms with Gasteiger partial charge in [0.1, 0.15) is 0 Å². The SMILES string of the molecule is COc1ncccc1C1(N2C[C@H](O)C[C@H]2C(=O)N(C)C)C(=O)N(S(=O)(=O)c2ccc(C)cn2)c2ccccc21. The summed E-state index contributed by atoms with van der Waals surface area (Å²) in [7, 11) is 0.0930. The maximum Gasteiger partial charge on any atom is 0.288 e. The number of benzene rings is 1. The Hall–Kier alpha value is -3.87. The number of anilines is 1. The van der Waals surface area contributed by atoms with Gasteiger partial charge in [0, 0.05) is 44.2 Å². The first-order chi connectivity index (χ1) is 18.5. The average molecular weight is 552 g/mol. The molecule has 11 nitrogen and oxygen atoms in total. The summed E-state index contributed by atoms with van der Waals surface area (Å²) in [4.78, 5) is 39.6.